The van der Waals surface area contributed by atoms with Crippen LogP contribution in [0.5, 0.6) is 5.75 Å². The number of hydrogen-bond donors (Lipinski definition) is 1. The molecule has 0 radical (unpaired) electrons. The van der Waals surface area contributed by atoms with Crippen LogP contribution in [0.4, 0.5) is 5.82 Å². The van der Waals surface area contributed by atoms with Crippen LogP contribution in [0.2, 0.25) is 0 Å². The number of aryl methyl sites for hydroxylation is 2. The molecule has 0 spiro atoms. The van der Waals surface area contributed by atoms with Crippen LogP contribution in [0.1, 0.15) is 24.2 Å². The van der Waals surface area contributed by atoms with Crippen LogP contribution < -0.4 is 10.1 Å². The van der Waals surface area contributed by atoms with E-state index in [-0.39, 0.29) is 29.8 Å². The first-order valence-electron chi connectivity index (χ1n) is 8.70. The molecule has 1 aromatic carbocycles. The van der Waals surface area contributed by atoms with E-state index in [4.69, 9.17) is 9.26 Å². The Morgan fingerprint density at radius 1 is 1.26 bits per heavy atom. The van der Waals surface area contributed by atoms with Gasteiger partial charge in [-0.05, 0) is 44.4 Å². The Morgan fingerprint density at radius 3 is 2.56 bits per heavy atom. The molecule has 2 aromatic rings. The predicted molar refractivity (Wildman–Crippen MR) is 99.1 cm³/mol. The quantitative estimate of drug-likeness (QED) is 0.837. The van der Waals surface area contributed by atoms with Gasteiger partial charge in [-0.3, -0.25) is 4.79 Å². The van der Waals surface area contributed by atoms with Crippen LogP contribution in [0, 0.1) is 19.8 Å². The zero-order chi connectivity index (χ0) is 19.6. The third-order valence-corrected chi connectivity index (χ3v) is 6.56. The first-order chi connectivity index (χ1) is 12.8. The minimum atomic E-state index is -3.68. The molecule has 0 aliphatic carbocycles. The van der Waals surface area contributed by atoms with E-state index in [0.717, 1.165) is 5.56 Å². The van der Waals surface area contributed by atoms with Crippen molar-refractivity contribution in [2.45, 2.75) is 31.6 Å². The second-order valence-corrected chi connectivity index (χ2v) is 8.55. The summed E-state index contributed by atoms with van der Waals surface area (Å²) in [5, 5.41) is 6.46. The fourth-order valence-corrected chi connectivity index (χ4v) is 4.85. The van der Waals surface area contributed by atoms with Crippen LogP contribution in [0.3, 0.4) is 0 Å². The van der Waals surface area contributed by atoms with E-state index in [2.05, 4.69) is 10.5 Å². The number of anilines is 1. The van der Waals surface area contributed by atoms with Crippen molar-refractivity contribution in [1.82, 2.24) is 9.46 Å². The molecule has 0 bridgehead atoms. The maximum absolute atomic E-state index is 13.0. The van der Waals surface area contributed by atoms with E-state index in [9.17, 15) is 13.2 Å². The molecule has 0 saturated carbocycles. The van der Waals surface area contributed by atoms with Gasteiger partial charge in [-0.25, -0.2) is 8.42 Å². The summed E-state index contributed by atoms with van der Waals surface area (Å²) in [4.78, 5) is 12.5. The largest absolute Gasteiger partial charge is 0.495 e. The highest BCUT2D eigenvalue weighted by Crippen LogP contribution is 2.30. The molecule has 1 fully saturated rings. The van der Waals surface area contributed by atoms with Crippen LogP contribution in [-0.2, 0) is 14.8 Å². The van der Waals surface area contributed by atoms with Crippen LogP contribution in [0.25, 0.3) is 0 Å². The number of aromatic nitrogens is 1. The summed E-state index contributed by atoms with van der Waals surface area (Å²) in [6, 6.07) is 6.71. The van der Waals surface area contributed by atoms with Gasteiger partial charge in [-0.2, -0.15) is 4.31 Å². The fourth-order valence-electron chi connectivity index (χ4n) is 3.14. The topological polar surface area (TPSA) is 102 Å². The smallest absolute Gasteiger partial charge is 0.246 e. The molecule has 9 heteroatoms. The third kappa shape index (κ3) is 4.14. The van der Waals surface area contributed by atoms with Gasteiger partial charge in [0.25, 0.3) is 0 Å². The highest BCUT2D eigenvalue weighted by Gasteiger charge is 2.34. The number of methoxy groups -OCH3 is 1. The maximum atomic E-state index is 13.0. The summed E-state index contributed by atoms with van der Waals surface area (Å²) in [7, 11) is -2.23. The Hall–Kier alpha value is -2.39. The fraction of sp³-hybridized carbons (Fsp3) is 0.444. The predicted octanol–water partition coefficient (Wildman–Crippen LogP) is 2.34. The standard InChI is InChI=1S/C18H23N3O5S/c1-12-4-5-15(25-3)16(10-12)27(23,24)21-8-6-14(7-9-21)18(22)19-17-11-13(2)26-20-17/h4-5,10-11,14H,6-9H2,1-3H3,(H,19,20,22). The number of carbonyl (C=O) groups excluding carboxylic acids is 1. The minimum Gasteiger partial charge on any atom is -0.495 e. The lowest BCUT2D eigenvalue weighted by atomic mass is 9.97. The van der Waals surface area contributed by atoms with Crippen LogP contribution in [-0.4, -0.2) is 44.0 Å². The minimum absolute atomic E-state index is 0.158. The van der Waals surface area contributed by atoms with Gasteiger partial charge in [-0.1, -0.05) is 11.2 Å². The van der Waals surface area contributed by atoms with E-state index >= 15 is 0 Å². The lowest BCUT2D eigenvalue weighted by Crippen LogP contribution is -2.41. The summed E-state index contributed by atoms with van der Waals surface area (Å²) in [5.74, 6) is 0.860. The average molecular weight is 393 g/mol. The second-order valence-electron chi connectivity index (χ2n) is 6.64. The number of amides is 1. The Kier molecular flexibility index (Phi) is 5.52. The highest BCUT2D eigenvalue weighted by atomic mass is 32.2. The number of piperidine rings is 1. The highest BCUT2D eigenvalue weighted by molar-refractivity contribution is 7.89. The van der Waals surface area contributed by atoms with Gasteiger partial charge in [0.1, 0.15) is 16.4 Å². The average Bonchev–Trinajstić information content (AvgIpc) is 3.06. The number of hydrogen-bond acceptors (Lipinski definition) is 6. The third-order valence-electron chi connectivity index (χ3n) is 4.64. The summed E-state index contributed by atoms with van der Waals surface area (Å²) in [6.45, 7) is 4.12. The van der Waals surface area contributed by atoms with Crippen molar-refractivity contribution in [3.63, 3.8) is 0 Å². The number of benzene rings is 1. The molecule has 2 heterocycles. The van der Waals surface area contributed by atoms with Crippen molar-refractivity contribution in [3.05, 3.63) is 35.6 Å². The van der Waals surface area contributed by atoms with Gasteiger partial charge in [0.15, 0.2) is 5.82 Å². The molecule has 8 nitrogen and oxygen atoms in total. The zero-order valence-electron chi connectivity index (χ0n) is 15.6. The van der Waals surface area contributed by atoms with Gasteiger partial charge >= 0.3 is 0 Å². The second kappa shape index (κ2) is 7.69. The van der Waals surface area contributed by atoms with Gasteiger partial charge in [-0.15, -0.1) is 0 Å². The number of carbonyl (C=O) groups is 1. The van der Waals surface area contributed by atoms with Gasteiger partial charge in [0.2, 0.25) is 15.9 Å². The molecule has 1 aliphatic heterocycles. The van der Waals surface area contributed by atoms with E-state index in [1.54, 1.807) is 31.2 Å². The molecular weight excluding hydrogens is 370 g/mol. The van der Waals surface area contributed by atoms with Gasteiger partial charge < -0.3 is 14.6 Å². The number of rotatable bonds is 5. The SMILES string of the molecule is COc1ccc(C)cc1S(=O)(=O)N1CCC(C(=O)Nc2cc(C)on2)CC1. The van der Waals surface area contributed by atoms with Gasteiger partial charge in [0.05, 0.1) is 7.11 Å². The Labute approximate surface area is 158 Å². The summed E-state index contributed by atoms with van der Waals surface area (Å²) < 4.78 is 37.6. The molecule has 1 aliphatic rings. The van der Waals surface area contributed by atoms with Crippen LogP contribution >= 0.6 is 0 Å². The van der Waals surface area contributed by atoms with Crippen molar-refractivity contribution >= 4 is 21.7 Å². The van der Waals surface area contributed by atoms with Crippen molar-refractivity contribution in [2.75, 3.05) is 25.5 Å². The number of nitrogens with zero attached hydrogens (tertiary/aromatic N) is 2. The first-order valence-corrected chi connectivity index (χ1v) is 10.1. The Bertz CT molecular complexity index is 930. The van der Waals surface area contributed by atoms with E-state index in [1.165, 1.54) is 11.4 Å². The summed E-state index contributed by atoms with van der Waals surface area (Å²) in [6.07, 6.45) is 0.881. The molecule has 1 amide bonds. The maximum Gasteiger partial charge on any atom is 0.246 e. The Morgan fingerprint density at radius 2 is 1.96 bits per heavy atom. The molecule has 1 saturated heterocycles. The number of sulfonamides is 1. The molecule has 0 atom stereocenters. The van der Waals surface area contributed by atoms with E-state index in [1.807, 2.05) is 6.92 Å². The summed E-state index contributed by atoms with van der Waals surface area (Å²) in [5.41, 5.74) is 0.839. The van der Waals surface area contributed by atoms with Crippen molar-refractivity contribution in [3.8, 4) is 5.75 Å². The molecule has 27 heavy (non-hydrogen) atoms. The van der Waals surface area contributed by atoms with E-state index < -0.39 is 10.0 Å². The molecular formula is C18H23N3O5S. The van der Waals surface area contributed by atoms with Gasteiger partial charge in [0, 0.05) is 25.1 Å². The normalized spacial score (nSPS) is 16.3. The first kappa shape index (κ1) is 19.4. The Balaban J connectivity index is 1.68. The monoisotopic (exact) mass is 393 g/mol. The number of nitrogens with one attached hydrogen (secondary N) is 1. The van der Waals surface area contributed by atoms with Crippen molar-refractivity contribution < 1.29 is 22.5 Å². The van der Waals surface area contributed by atoms with Crippen molar-refractivity contribution in [1.29, 1.82) is 0 Å². The van der Waals surface area contributed by atoms with Crippen LogP contribution in [0.15, 0.2) is 33.7 Å². The lowest BCUT2D eigenvalue weighted by molar-refractivity contribution is -0.120. The molecule has 3 rings (SSSR count). The molecule has 1 N–H and O–H groups in total. The summed E-state index contributed by atoms with van der Waals surface area (Å²) >= 11 is 0. The molecule has 1 aromatic heterocycles. The number of ether oxygens (including phenoxy) is 1. The van der Waals surface area contributed by atoms with E-state index in [0.29, 0.717) is 30.2 Å². The molecule has 146 valence electrons. The molecule has 0 unspecified atom stereocenters. The zero-order valence-corrected chi connectivity index (χ0v) is 16.4. The lowest BCUT2D eigenvalue weighted by Gasteiger charge is -2.30. The van der Waals surface area contributed by atoms with Crippen molar-refractivity contribution in [2.24, 2.45) is 5.92 Å².